The third-order valence-electron chi connectivity index (χ3n) is 4.89. The first kappa shape index (κ1) is 18.5. The van der Waals surface area contributed by atoms with E-state index in [1.54, 1.807) is 6.07 Å². The Kier molecular flexibility index (Phi) is 5.60. The SMILES string of the molecule is O=C1/C(=C/c2ccc(OCCN3CCOCC3)cc2)COc2cc(O)ccc21. The fourth-order valence-electron chi connectivity index (χ4n) is 3.30. The maximum Gasteiger partial charge on any atom is 0.196 e. The second-order valence-corrected chi connectivity index (χ2v) is 6.84. The highest BCUT2D eigenvalue weighted by atomic mass is 16.5. The van der Waals surface area contributed by atoms with Crippen LogP contribution in [-0.2, 0) is 4.74 Å². The molecule has 2 aliphatic heterocycles. The van der Waals surface area contributed by atoms with Gasteiger partial charge in [-0.05, 0) is 35.9 Å². The summed E-state index contributed by atoms with van der Waals surface area (Å²) in [6, 6.07) is 12.2. The van der Waals surface area contributed by atoms with Crippen LogP contribution in [-0.4, -0.2) is 61.9 Å². The first-order chi connectivity index (χ1) is 13.7. The van der Waals surface area contributed by atoms with Gasteiger partial charge in [0, 0.05) is 31.3 Å². The van der Waals surface area contributed by atoms with Gasteiger partial charge in [-0.2, -0.15) is 0 Å². The van der Waals surface area contributed by atoms with E-state index >= 15 is 0 Å². The van der Waals surface area contributed by atoms with Crippen molar-refractivity contribution < 1.29 is 24.1 Å². The zero-order chi connectivity index (χ0) is 19.3. The van der Waals surface area contributed by atoms with E-state index in [1.807, 2.05) is 30.3 Å². The molecule has 2 aromatic rings. The third kappa shape index (κ3) is 4.35. The molecule has 2 aliphatic rings. The van der Waals surface area contributed by atoms with Gasteiger partial charge < -0.3 is 19.3 Å². The molecule has 28 heavy (non-hydrogen) atoms. The van der Waals surface area contributed by atoms with Crippen LogP contribution >= 0.6 is 0 Å². The number of ether oxygens (including phenoxy) is 3. The van der Waals surface area contributed by atoms with Gasteiger partial charge in [0.25, 0.3) is 0 Å². The Bertz CT molecular complexity index is 869. The van der Waals surface area contributed by atoms with E-state index in [1.165, 1.54) is 12.1 Å². The molecule has 0 unspecified atom stereocenters. The Morgan fingerprint density at radius 3 is 2.68 bits per heavy atom. The topological polar surface area (TPSA) is 68.2 Å². The number of carbonyl (C=O) groups is 1. The third-order valence-corrected chi connectivity index (χ3v) is 4.89. The van der Waals surface area contributed by atoms with E-state index in [0.29, 0.717) is 23.5 Å². The summed E-state index contributed by atoms with van der Waals surface area (Å²) in [5.41, 5.74) is 1.97. The lowest BCUT2D eigenvalue weighted by molar-refractivity contribution is 0.0322. The average Bonchev–Trinajstić information content (AvgIpc) is 2.72. The van der Waals surface area contributed by atoms with E-state index in [4.69, 9.17) is 14.2 Å². The number of benzene rings is 2. The predicted molar refractivity (Wildman–Crippen MR) is 105 cm³/mol. The molecule has 1 saturated heterocycles. The smallest absolute Gasteiger partial charge is 0.196 e. The van der Waals surface area contributed by atoms with Crippen LogP contribution in [0.5, 0.6) is 17.2 Å². The Morgan fingerprint density at radius 1 is 1.11 bits per heavy atom. The van der Waals surface area contributed by atoms with Crippen LogP contribution in [0, 0.1) is 0 Å². The van der Waals surface area contributed by atoms with Gasteiger partial charge in [0.15, 0.2) is 5.78 Å². The molecule has 2 heterocycles. The first-order valence-corrected chi connectivity index (χ1v) is 9.43. The lowest BCUT2D eigenvalue weighted by atomic mass is 9.98. The molecule has 0 spiro atoms. The highest BCUT2D eigenvalue weighted by Gasteiger charge is 2.23. The van der Waals surface area contributed by atoms with E-state index in [9.17, 15) is 9.90 Å². The number of hydrogen-bond acceptors (Lipinski definition) is 6. The van der Waals surface area contributed by atoms with Crippen molar-refractivity contribution in [2.45, 2.75) is 0 Å². The Labute approximate surface area is 163 Å². The number of phenols is 1. The molecular weight excluding hydrogens is 358 g/mol. The number of aromatic hydroxyl groups is 1. The van der Waals surface area contributed by atoms with Crippen molar-refractivity contribution in [3.8, 4) is 17.2 Å². The molecular formula is C22H23NO5. The molecule has 0 atom stereocenters. The largest absolute Gasteiger partial charge is 0.508 e. The van der Waals surface area contributed by atoms with E-state index in [-0.39, 0.29) is 18.1 Å². The molecule has 6 nitrogen and oxygen atoms in total. The van der Waals surface area contributed by atoms with Crippen molar-refractivity contribution >= 4 is 11.9 Å². The first-order valence-electron chi connectivity index (χ1n) is 9.43. The van der Waals surface area contributed by atoms with Crippen LogP contribution < -0.4 is 9.47 Å². The summed E-state index contributed by atoms with van der Waals surface area (Å²) in [4.78, 5) is 15.0. The monoisotopic (exact) mass is 381 g/mol. The summed E-state index contributed by atoms with van der Waals surface area (Å²) in [7, 11) is 0. The minimum Gasteiger partial charge on any atom is -0.508 e. The summed E-state index contributed by atoms with van der Waals surface area (Å²) in [6.45, 7) is 5.19. The standard InChI is InChI=1S/C22H23NO5/c24-18-3-6-20-21(14-18)28-15-17(22(20)25)13-16-1-4-19(5-2-16)27-12-9-23-7-10-26-11-8-23/h1-6,13-14,24H,7-12,15H2/b17-13+. The number of fused-ring (bicyclic) bond motifs is 1. The second kappa shape index (κ2) is 8.46. The van der Waals surface area contributed by atoms with Crippen LogP contribution in [0.15, 0.2) is 48.0 Å². The normalized spacial score (nSPS) is 18.6. The summed E-state index contributed by atoms with van der Waals surface area (Å²) >= 11 is 0. The fraction of sp³-hybridized carbons (Fsp3) is 0.318. The lowest BCUT2D eigenvalue weighted by Crippen LogP contribution is -2.38. The highest BCUT2D eigenvalue weighted by Crippen LogP contribution is 2.31. The minimum atomic E-state index is -0.0768. The van der Waals surface area contributed by atoms with Crippen molar-refractivity contribution in [3.05, 3.63) is 59.2 Å². The van der Waals surface area contributed by atoms with Gasteiger partial charge in [-0.3, -0.25) is 9.69 Å². The van der Waals surface area contributed by atoms with E-state index in [0.717, 1.165) is 44.2 Å². The number of ketones is 1. The highest BCUT2D eigenvalue weighted by molar-refractivity contribution is 6.14. The summed E-state index contributed by atoms with van der Waals surface area (Å²) in [5.74, 6) is 1.24. The molecule has 1 fully saturated rings. The molecule has 2 aromatic carbocycles. The number of morpholine rings is 1. The van der Waals surface area contributed by atoms with Crippen molar-refractivity contribution in [3.63, 3.8) is 0 Å². The van der Waals surface area contributed by atoms with Crippen LogP contribution in [0.1, 0.15) is 15.9 Å². The maximum atomic E-state index is 12.6. The summed E-state index contributed by atoms with van der Waals surface area (Å²) in [6.07, 6.45) is 1.83. The predicted octanol–water partition coefficient (Wildman–Crippen LogP) is 2.76. The molecule has 6 heteroatoms. The number of rotatable bonds is 5. The quantitative estimate of drug-likeness (QED) is 0.804. The van der Waals surface area contributed by atoms with Gasteiger partial charge in [-0.25, -0.2) is 0 Å². The molecule has 0 radical (unpaired) electrons. The number of phenolic OH excluding ortho intramolecular Hbond substituents is 1. The van der Waals surface area contributed by atoms with Crippen LogP contribution in [0.2, 0.25) is 0 Å². The van der Waals surface area contributed by atoms with Gasteiger partial charge >= 0.3 is 0 Å². The number of Topliss-reactive ketones (excluding diaryl/α,β-unsaturated/α-hetero) is 1. The average molecular weight is 381 g/mol. The van der Waals surface area contributed by atoms with Gasteiger partial charge in [0.05, 0.1) is 18.8 Å². The molecule has 0 aromatic heterocycles. The van der Waals surface area contributed by atoms with Gasteiger partial charge in [-0.15, -0.1) is 0 Å². The molecule has 4 rings (SSSR count). The summed E-state index contributed by atoms with van der Waals surface area (Å²) < 4.78 is 16.8. The van der Waals surface area contributed by atoms with E-state index < -0.39 is 0 Å². The van der Waals surface area contributed by atoms with Crippen LogP contribution in [0.25, 0.3) is 6.08 Å². The molecule has 146 valence electrons. The zero-order valence-electron chi connectivity index (χ0n) is 15.6. The Balaban J connectivity index is 1.36. The molecule has 0 bridgehead atoms. The Hall–Kier alpha value is -2.83. The number of nitrogens with zero attached hydrogens (tertiary/aromatic N) is 1. The molecule has 0 aliphatic carbocycles. The minimum absolute atomic E-state index is 0.0768. The van der Waals surface area contributed by atoms with E-state index in [2.05, 4.69) is 4.90 Å². The molecule has 0 saturated carbocycles. The number of hydrogen-bond donors (Lipinski definition) is 1. The maximum absolute atomic E-state index is 12.6. The fourth-order valence-corrected chi connectivity index (χ4v) is 3.30. The van der Waals surface area contributed by atoms with Crippen molar-refractivity contribution in [2.24, 2.45) is 0 Å². The van der Waals surface area contributed by atoms with Crippen LogP contribution in [0.4, 0.5) is 0 Å². The van der Waals surface area contributed by atoms with Crippen LogP contribution in [0.3, 0.4) is 0 Å². The van der Waals surface area contributed by atoms with Gasteiger partial charge in [-0.1, -0.05) is 12.1 Å². The lowest BCUT2D eigenvalue weighted by Gasteiger charge is -2.26. The van der Waals surface area contributed by atoms with Crippen molar-refractivity contribution in [1.82, 2.24) is 4.90 Å². The molecule has 0 amide bonds. The second-order valence-electron chi connectivity index (χ2n) is 6.84. The molecule has 1 N–H and O–H groups in total. The van der Waals surface area contributed by atoms with Crippen molar-refractivity contribution in [2.75, 3.05) is 46.1 Å². The zero-order valence-corrected chi connectivity index (χ0v) is 15.6. The van der Waals surface area contributed by atoms with Crippen molar-refractivity contribution in [1.29, 1.82) is 0 Å². The number of carbonyl (C=O) groups excluding carboxylic acids is 1. The summed E-state index contributed by atoms with van der Waals surface area (Å²) in [5, 5.41) is 9.51. The Morgan fingerprint density at radius 2 is 1.89 bits per heavy atom. The van der Waals surface area contributed by atoms with Gasteiger partial charge in [0.1, 0.15) is 30.5 Å². The van der Waals surface area contributed by atoms with Gasteiger partial charge in [0.2, 0.25) is 0 Å².